The van der Waals surface area contributed by atoms with E-state index in [0.29, 0.717) is 10.9 Å². The van der Waals surface area contributed by atoms with E-state index in [1.165, 1.54) is 12.3 Å². The van der Waals surface area contributed by atoms with Crippen LogP contribution in [0.3, 0.4) is 0 Å². The minimum atomic E-state index is -4.39. The normalized spacial score (nSPS) is 12.0. The smallest absolute Gasteiger partial charge is 0.416 e. The Morgan fingerprint density at radius 2 is 1.94 bits per heavy atom. The van der Waals surface area contributed by atoms with Crippen LogP contribution in [-0.2, 0) is 6.18 Å². The highest BCUT2D eigenvalue weighted by molar-refractivity contribution is 5.86. The Labute approximate surface area is 89.4 Å². The number of aromatic nitrogens is 1. The average Bonchev–Trinajstić information content (AvgIpc) is 2.22. The summed E-state index contributed by atoms with van der Waals surface area (Å²) in [7, 11) is 0. The van der Waals surface area contributed by atoms with Crippen LogP contribution in [0.4, 0.5) is 13.2 Å². The summed E-state index contributed by atoms with van der Waals surface area (Å²) in [4.78, 5) is 3.86. The lowest BCUT2D eigenvalue weighted by Gasteiger charge is -2.08. The lowest BCUT2D eigenvalue weighted by atomic mass is 10.1. The second-order valence-electron chi connectivity index (χ2n) is 3.52. The fourth-order valence-electron chi connectivity index (χ4n) is 1.45. The molecule has 2 rings (SSSR count). The molecule has 1 heterocycles. The van der Waals surface area contributed by atoms with Crippen molar-refractivity contribution in [2.24, 2.45) is 0 Å². The van der Waals surface area contributed by atoms with Crippen LogP contribution in [-0.4, -0.2) is 10.1 Å². The minimum absolute atomic E-state index is 0.0290. The van der Waals surface area contributed by atoms with Crippen molar-refractivity contribution in [1.82, 2.24) is 4.98 Å². The third-order valence-electron chi connectivity index (χ3n) is 2.35. The van der Waals surface area contributed by atoms with Crippen LogP contribution >= 0.6 is 0 Å². The van der Waals surface area contributed by atoms with E-state index in [1.54, 1.807) is 6.92 Å². The molecule has 0 atom stereocenters. The van der Waals surface area contributed by atoms with Crippen LogP contribution in [0, 0.1) is 6.92 Å². The largest absolute Gasteiger partial charge is 0.507 e. The second-order valence-corrected chi connectivity index (χ2v) is 3.52. The van der Waals surface area contributed by atoms with Crippen LogP contribution in [0.1, 0.15) is 11.1 Å². The zero-order valence-corrected chi connectivity index (χ0v) is 8.34. The highest BCUT2D eigenvalue weighted by atomic mass is 19.4. The lowest BCUT2D eigenvalue weighted by molar-refractivity contribution is -0.137. The first kappa shape index (κ1) is 10.7. The van der Waals surface area contributed by atoms with Crippen LogP contribution in [0.5, 0.6) is 5.75 Å². The molecule has 2 nitrogen and oxygen atoms in total. The zero-order valence-electron chi connectivity index (χ0n) is 8.34. The van der Waals surface area contributed by atoms with Crippen LogP contribution < -0.4 is 0 Å². The van der Waals surface area contributed by atoms with E-state index < -0.39 is 11.7 Å². The topological polar surface area (TPSA) is 33.1 Å². The number of nitrogens with zero attached hydrogens (tertiary/aromatic N) is 1. The van der Waals surface area contributed by atoms with Crippen molar-refractivity contribution in [3.05, 3.63) is 35.5 Å². The summed E-state index contributed by atoms with van der Waals surface area (Å²) in [5.74, 6) is -0.0290. The second kappa shape index (κ2) is 3.37. The summed E-state index contributed by atoms with van der Waals surface area (Å²) in [6, 6.07) is 3.09. The molecule has 0 spiro atoms. The van der Waals surface area contributed by atoms with E-state index in [-0.39, 0.29) is 11.3 Å². The number of pyridine rings is 1. The van der Waals surface area contributed by atoms with Crippen LogP contribution in [0.2, 0.25) is 0 Å². The molecule has 0 bridgehead atoms. The molecule has 1 aromatic carbocycles. The van der Waals surface area contributed by atoms with Crippen molar-refractivity contribution in [1.29, 1.82) is 0 Å². The number of rotatable bonds is 0. The van der Waals surface area contributed by atoms with Gasteiger partial charge < -0.3 is 5.11 Å². The van der Waals surface area contributed by atoms with Gasteiger partial charge in [-0.2, -0.15) is 13.2 Å². The molecular weight excluding hydrogens is 219 g/mol. The van der Waals surface area contributed by atoms with Gasteiger partial charge in [0.25, 0.3) is 0 Å². The number of alkyl halides is 3. The predicted molar refractivity (Wildman–Crippen MR) is 53.1 cm³/mol. The fourth-order valence-corrected chi connectivity index (χ4v) is 1.45. The number of halogens is 3. The molecule has 5 heteroatoms. The molecule has 1 N–H and O–H groups in total. The summed E-state index contributed by atoms with van der Waals surface area (Å²) >= 11 is 0. The van der Waals surface area contributed by atoms with Crippen LogP contribution in [0.25, 0.3) is 10.9 Å². The van der Waals surface area contributed by atoms with Crippen molar-refractivity contribution in [2.45, 2.75) is 13.1 Å². The fraction of sp³-hybridized carbons (Fsp3) is 0.182. The van der Waals surface area contributed by atoms with Gasteiger partial charge in [0.15, 0.2) is 0 Å². The first-order valence-corrected chi connectivity index (χ1v) is 4.55. The van der Waals surface area contributed by atoms with Crippen molar-refractivity contribution < 1.29 is 18.3 Å². The molecule has 1 aromatic heterocycles. The molecule has 0 unspecified atom stereocenters. The Hall–Kier alpha value is -1.78. The molecule has 0 saturated carbocycles. The zero-order chi connectivity index (χ0) is 11.9. The maximum absolute atomic E-state index is 12.4. The minimum Gasteiger partial charge on any atom is -0.507 e. The Bertz CT molecular complexity index is 549. The van der Waals surface area contributed by atoms with Gasteiger partial charge in [0.1, 0.15) is 5.75 Å². The molecule has 2 aromatic rings. The van der Waals surface area contributed by atoms with Gasteiger partial charge in [-0.3, -0.25) is 4.98 Å². The van der Waals surface area contributed by atoms with Gasteiger partial charge in [-0.15, -0.1) is 0 Å². The van der Waals surface area contributed by atoms with E-state index in [4.69, 9.17) is 0 Å². The van der Waals surface area contributed by atoms with E-state index in [9.17, 15) is 18.3 Å². The molecule has 0 aliphatic carbocycles. The van der Waals surface area contributed by atoms with Gasteiger partial charge in [0, 0.05) is 17.1 Å². The Morgan fingerprint density at radius 1 is 1.25 bits per heavy atom. The maximum atomic E-state index is 12.4. The number of hydrogen-bond acceptors (Lipinski definition) is 2. The number of aryl methyl sites for hydroxylation is 1. The van der Waals surface area contributed by atoms with Gasteiger partial charge in [0.2, 0.25) is 0 Å². The number of aromatic hydroxyl groups is 1. The monoisotopic (exact) mass is 227 g/mol. The molecular formula is C11H8F3NO. The third-order valence-corrected chi connectivity index (χ3v) is 2.35. The van der Waals surface area contributed by atoms with Crippen molar-refractivity contribution in [2.75, 3.05) is 0 Å². The standard InChI is InChI=1S/C11H8F3NO/c1-6-5-15-9-4-7(11(12,13)14)2-3-8(9)10(6)16/h2-5H,1H3,(H,15,16). The highest BCUT2D eigenvalue weighted by Crippen LogP contribution is 2.33. The Balaban J connectivity index is 2.70. The van der Waals surface area contributed by atoms with Gasteiger partial charge in [-0.05, 0) is 25.1 Å². The van der Waals surface area contributed by atoms with Crippen molar-refractivity contribution in [3.63, 3.8) is 0 Å². The van der Waals surface area contributed by atoms with Crippen molar-refractivity contribution >= 4 is 10.9 Å². The van der Waals surface area contributed by atoms with E-state index in [2.05, 4.69) is 4.98 Å². The Morgan fingerprint density at radius 3 is 2.56 bits per heavy atom. The van der Waals surface area contributed by atoms with E-state index in [1.807, 2.05) is 0 Å². The summed E-state index contributed by atoms with van der Waals surface area (Å²) < 4.78 is 37.2. The third kappa shape index (κ3) is 1.68. The van der Waals surface area contributed by atoms with Gasteiger partial charge in [-0.25, -0.2) is 0 Å². The first-order chi connectivity index (χ1) is 7.39. The van der Waals surface area contributed by atoms with Crippen molar-refractivity contribution in [3.8, 4) is 5.75 Å². The first-order valence-electron chi connectivity index (χ1n) is 4.55. The number of fused-ring (bicyclic) bond motifs is 1. The summed E-state index contributed by atoms with van der Waals surface area (Å²) in [6.07, 6.45) is -3.05. The molecule has 84 valence electrons. The number of benzene rings is 1. The number of hydrogen-bond donors (Lipinski definition) is 1. The molecule has 0 saturated heterocycles. The summed E-state index contributed by atoms with van der Waals surface area (Å²) in [5.41, 5.74) is -0.0964. The average molecular weight is 227 g/mol. The summed E-state index contributed by atoms with van der Waals surface area (Å²) in [6.45, 7) is 1.64. The summed E-state index contributed by atoms with van der Waals surface area (Å²) in [5, 5.41) is 9.96. The quantitative estimate of drug-likeness (QED) is 0.749. The maximum Gasteiger partial charge on any atom is 0.416 e. The molecule has 0 radical (unpaired) electrons. The predicted octanol–water partition coefficient (Wildman–Crippen LogP) is 3.27. The van der Waals surface area contributed by atoms with E-state index >= 15 is 0 Å². The molecule has 0 aliphatic rings. The van der Waals surface area contributed by atoms with Gasteiger partial charge in [0.05, 0.1) is 11.1 Å². The molecule has 0 aliphatic heterocycles. The molecule has 16 heavy (non-hydrogen) atoms. The molecule has 0 amide bonds. The van der Waals surface area contributed by atoms with Gasteiger partial charge in [-0.1, -0.05) is 0 Å². The van der Waals surface area contributed by atoms with Crippen LogP contribution in [0.15, 0.2) is 24.4 Å². The highest BCUT2D eigenvalue weighted by Gasteiger charge is 2.30. The SMILES string of the molecule is Cc1cnc2cc(C(F)(F)F)ccc2c1O. The lowest BCUT2D eigenvalue weighted by Crippen LogP contribution is -2.04. The Kier molecular flexibility index (Phi) is 2.26. The van der Waals surface area contributed by atoms with Gasteiger partial charge >= 0.3 is 6.18 Å². The van der Waals surface area contributed by atoms with E-state index in [0.717, 1.165) is 12.1 Å². The molecule has 0 fully saturated rings.